The monoisotopic (exact) mass is 481 g/mol. The van der Waals surface area contributed by atoms with Gasteiger partial charge in [0.2, 0.25) is 5.90 Å². The quantitative estimate of drug-likeness (QED) is 0.343. The molecule has 4 rings (SSSR count). The zero-order chi connectivity index (χ0) is 21.8. The fourth-order valence-corrected chi connectivity index (χ4v) is 3.39. The highest BCUT2D eigenvalue weighted by atomic mass is 79.9. The van der Waals surface area contributed by atoms with Crippen LogP contribution in [0.3, 0.4) is 0 Å². The molecule has 7 heteroatoms. The van der Waals surface area contributed by atoms with Crippen molar-refractivity contribution >= 4 is 33.9 Å². The van der Waals surface area contributed by atoms with E-state index in [9.17, 15) is 9.18 Å². The van der Waals surface area contributed by atoms with Gasteiger partial charge in [-0.15, -0.1) is 0 Å². The SMILES string of the molecule is COc1cc(/C=C2\N=C(c3cccc(Br)c3)OC2=O)ccc1OCc1cccc(F)c1. The van der Waals surface area contributed by atoms with E-state index >= 15 is 0 Å². The van der Waals surface area contributed by atoms with Gasteiger partial charge in [0.1, 0.15) is 12.4 Å². The number of hydrogen-bond acceptors (Lipinski definition) is 5. The van der Waals surface area contributed by atoms with Gasteiger partial charge in [0.25, 0.3) is 0 Å². The van der Waals surface area contributed by atoms with Gasteiger partial charge in [-0.25, -0.2) is 14.2 Å². The van der Waals surface area contributed by atoms with Crippen LogP contribution >= 0.6 is 15.9 Å². The molecule has 3 aromatic carbocycles. The number of ether oxygens (including phenoxy) is 3. The Morgan fingerprint density at radius 3 is 2.68 bits per heavy atom. The van der Waals surface area contributed by atoms with E-state index in [1.165, 1.54) is 19.2 Å². The Bertz CT molecular complexity index is 1210. The number of methoxy groups -OCH3 is 1. The average Bonchev–Trinajstić information content (AvgIpc) is 3.13. The van der Waals surface area contributed by atoms with Crippen LogP contribution in [0.5, 0.6) is 11.5 Å². The van der Waals surface area contributed by atoms with Gasteiger partial charge < -0.3 is 14.2 Å². The van der Waals surface area contributed by atoms with Crippen molar-refractivity contribution in [2.24, 2.45) is 4.99 Å². The highest BCUT2D eigenvalue weighted by molar-refractivity contribution is 9.10. The van der Waals surface area contributed by atoms with E-state index in [-0.39, 0.29) is 24.0 Å². The van der Waals surface area contributed by atoms with E-state index < -0.39 is 5.97 Å². The summed E-state index contributed by atoms with van der Waals surface area (Å²) in [6, 6.07) is 18.8. The first kappa shape index (κ1) is 20.8. The molecular formula is C24H17BrFNO4. The van der Waals surface area contributed by atoms with Gasteiger partial charge in [-0.1, -0.05) is 40.2 Å². The van der Waals surface area contributed by atoms with Crippen molar-refractivity contribution in [1.29, 1.82) is 0 Å². The molecule has 156 valence electrons. The lowest BCUT2D eigenvalue weighted by atomic mass is 10.1. The fraction of sp³-hybridized carbons (Fsp3) is 0.0833. The van der Waals surface area contributed by atoms with Crippen molar-refractivity contribution in [2.45, 2.75) is 6.61 Å². The number of nitrogens with zero attached hydrogens (tertiary/aromatic N) is 1. The number of benzene rings is 3. The second kappa shape index (κ2) is 9.14. The number of rotatable bonds is 6. The minimum Gasteiger partial charge on any atom is -0.493 e. The van der Waals surface area contributed by atoms with Gasteiger partial charge in [-0.05, 0) is 59.7 Å². The Balaban J connectivity index is 1.54. The third kappa shape index (κ3) is 5.00. The molecule has 0 N–H and O–H groups in total. The molecule has 0 saturated carbocycles. The maximum absolute atomic E-state index is 13.3. The van der Waals surface area contributed by atoms with Crippen molar-refractivity contribution in [2.75, 3.05) is 7.11 Å². The molecule has 0 bridgehead atoms. The van der Waals surface area contributed by atoms with E-state index in [1.807, 2.05) is 24.3 Å². The van der Waals surface area contributed by atoms with E-state index in [0.717, 1.165) is 4.47 Å². The Morgan fingerprint density at radius 1 is 1.06 bits per heavy atom. The van der Waals surface area contributed by atoms with Gasteiger partial charge in [-0.3, -0.25) is 0 Å². The van der Waals surface area contributed by atoms with Gasteiger partial charge in [0.05, 0.1) is 7.11 Å². The second-order valence-corrected chi connectivity index (χ2v) is 7.59. The van der Waals surface area contributed by atoms with Crippen LogP contribution in [-0.4, -0.2) is 19.0 Å². The summed E-state index contributed by atoms with van der Waals surface area (Å²) in [5.41, 5.74) is 2.28. The Hall–Kier alpha value is -3.45. The van der Waals surface area contributed by atoms with Gasteiger partial charge in [0.15, 0.2) is 17.2 Å². The molecule has 0 fully saturated rings. The minimum atomic E-state index is -0.527. The predicted octanol–water partition coefficient (Wildman–Crippen LogP) is 5.52. The molecule has 0 saturated heterocycles. The van der Waals surface area contributed by atoms with E-state index in [0.29, 0.717) is 28.2 Å². The molecule has 0 amide bonds. The van der Waals surface area contributed by atoms with Gasteiger partial charge >= 0.3 is 5.97 Å². The summed E-state index contributed by atoms with van der Waals surface area (Å²) in [5, 5.41) is 0. The van der Waals surface area contributed by atoms with Crippen LogP contribution in [0.2, 0.25) is 0 Å². The lowest BCUT2D eigenvalue weighted by Crippen LogP contribution is -2.05. The summed E-state index contributed by atoms with van der Waals surface area (Å²) in [4.78, 5) is 16.6. The van der Waals surface area contributed by atoms with Gasteiger partial charge in [-0.2, -0.15) is 0 Å². The van der Waals surface area contributed by atoms with Crippen molar-refractivity contribution in [3.8, 4) is 11.5 Å². The highest BCUT2D eigenvalue weighted by Gasteiger charge is 2.24. The molecule has 0 atom stereocenters. The van der Waals surface area contributed by atoms with Gasteiger partial charge in [0, 0.05) is 10.0 Å². The number of esters is 1. The Labute approximate surface area is 186 Å². The summed E-state index contributed by atoms with van der Waals surface area (Å²) in [7, 11) is 1.52. The molecule has 0 spiro atoms. The molecule has 0 aliphatic carbocycles. The third-order valence-electron chi connectivity index (χ3n) is 4.47. The first-order valence-electron chi connectivity index (χ1n) is 9.35. The minimum absolute atomic E-state index is 0.186. The molecule has 0 aromatic heterocycles. The van der Waals surface area contributed by atoms with Crippen molar-refractivity contribution in [3.63, 3.8) is 0 Å². The van der Waals surface area contributed by atoms with E-state index in [2.05, 4.69) is 20.9 Å². The van der Waals surface area contributed by atoms with E-state index in [1.54, 1.807) is 36.4 Å². The Kier molecular flexibility index (Phi) is 6.13. The maximum Gasteiger partial charge on any atom is 0.363 e. The molecule has 0 unspecified atom stereocenters. The van der Waals surface area contributed by atoms with Crippen LogP contribution in [-0.2, 0) is 16.1 Å². The summed E-state index contributed by atoms with van der Waals surface area (Å²) in [6.07, 6.45) is 1.62. The molecule has 1 aliphatic rings. The molecule has 0 radical (unpaired) electrons. The van der Waals surface area contributed by atoms with Crippen LogP contribution in [0.4, 0.5) is 4.39 Å². The number of carbonyl (C=O) groups excluding carboxylic acids is 1. The van der Waals surface area contributed by atoms with Crippen LogP contribution in [0, 0.1) is 5.82 Å². The lowest BCUT2D eigenvalue weighted by Gasteiger charge is -2.11. The van der Waals surface area contributed by atoms with Crippen LogP contribution in [0.1, 0.15) is 16.7 Å². The van der Waals surface area contributed by atoms with Crippen molar-refractivity contribution < 1.29 is 23.4 Å². The smallest absolute Gasteiger partial charge is 0.363 e. The molecular weight excluding hydrogens is 465 g/mol. The fourth-order valence-electron chi connectivity index (χ4n) is 2.99. The summed E-state index contributed by atoms with van der Waals surface area (Å²) < 4.78 is 30.7. The first-order valence-corrected chi connectivity index (χ1v) is 10.1. The number of cyclic esters (lactones) is 1. The summed E-state index contributed by atoms with van der Waals surface area (Å²) >= 11 is 3.39. The topological polar surface area (TPSA) is 57.1 Å². The zero-order valence-electron chi connectivity index (χ0n) is 16.5. The zero-order valence-corrected chi connectivity index (χ0v) is 18.1. The standard InChI is InChI=1S/C24H17BrFNO4/c1-29-22-12-15(8-9-21(22)30-14-16-4-2-7-19(26)10-16)11-20-24(28)31-23(27-20)17-5-3-6-18(25)13-17/h2-13H,14H2,1H3/b20-11-. The number of halogens is 2. The highest BCUT2D eigenvalue weighted by Crippen LogP contribution is 2.30. The number of carbonyl (C=O) groups is 1. The van der Waals surface area contributed by atoms with E-state index in [4.69, 9.17) is 14.2 Å². The lowest BCUT2D eigenvalue weighted by molar-refractivity contribution is -0.129. The summed E-state index contributed by atoms with van der Waals surface area (Å²) in [6.45, 7) is 0.196. The second-order valence-electron chi connectivity index (χ2n) is 6.68. The first-order chi connectivity index (χ1) is 15.0. The van der Waals surface area contributed by atoms with Crippen LogP contribution < -0.4 is 9.47 Å². The molecule has 3 aromatic rings. The normalized spacial score (nSPS) is 14.4. The molecule has 1 heterocycles. The van der Waals surface area contributed by atoms with Crippen molar-refractivity contribution in [3.05, 3.63) is 99.4 Å². The Morgan fingerprint density at radius 2 is 1.90 bits per heavy atom. The summed E-state index contributed by atoms with van der Waals surface area (Å²) in [5.74, 6) is 0.385. The number of aliphatic imine (C=N–C) groups is 1. The molecule has 1 aliphatic heterocycles. The number of hydrogen-bond donors (Lipinski definition) is 0. The largest absolute Gasteiger partial charge is 0.493 e. The average molecular weight is 482 g/mol. The third-order valence-corrected chi connectivity index (χ3v) is 4.96. The predicted molar refractivity (Wildman–Crippen MR) is 118 cm³/mol. The van der Waals surface area contributed by atoms with Crippen molar-refractivity contribution in [1.82, 2.24) is 0 Å². The molecule has 31 heavy (non-hydrogen) atoms. The van der Waals surface area contributed by atoms with Crippen LogP contribution in [0.25, 0.3) is 6.08 Å². The maximum atomic E-state index is 13.3. The molecule has 5 nitrogen and oxygen atoms in total. The van der Waals surface area contributed by atoms with Crippen LogP contribution in [0.15, 0.2) is 81.9 Å².